The van der Waals surface area contributed by atoms with Crippen LogP contribution >= 0.6 is 11.6 Å². The summed E-state index contributed by atoms with van der Waals surface area (Å²) in [5.74, 6) is 0.414. The van der Waals surface area contributed by atoms with Gasteiger partial charge in [0.2, 0.25) is 0 Å². The highest BCUT2D eigenvalue weighted by atomic mass is 35.5. The van der Waals surface area contributed by atoms with Crippen molar-refractivity contribution in [2.45, 2.75) is 12.3 Å². The first-order valence-electron chi connectivity index (χ1n) is 5.23. The van der Waals surface area contributed by atoms with E-state index in [2.05, 4.69) is 21.8 Å². The number of halogens is 1. The molecular weight excluding hydrogens is 214 g/mol. The van der Waals surface area contributed by atoms with Crippen LogP contribution in [-0.2, 0) is 5.88 Å². The largest absolute Gasteiger partial charge is 0.432 e. The maximum Gasteiger partial charge on any atom is 0.297 e. The van der Waals surface area contributed by atoms with Gasteiger partial charge in [-0.25, -0.2) is 0 Å². The molecule has 5 heteroatoms. The molecule has 0 spiro atoms. The number of oxazole rings is 1. The van der Waals surface area contributed by atoms with Crippen molar-refractivity contribution in [3.63, 3.8) is 0 Å². The van der Waals surface area contributed by atoms with Crippen molar-refractivity contribution in [2.75, 3.05) is 38.1 Å². The Morgan fingerprint density at radius 2 is 2.27 bits per heavy atom. The first-order chi connectivity index (χ1) is 7.29. The number of aromatic nitrogens is 1. The van der Waals surface area contributed by atoms with Crippen LogP contribution in [0.2, 0.25) is 0 Å². The van der Waals surface area contributed by atoms with Crippen molar-refractivity contribution in [1.82, 2.24) is 9.88 Å². The average Bonchev–Trinajstić information content (AvgIpc) is 2.62. The second-order valence-corrected chi connectivity index (χ2v) is 4.17. The summed E-state index contributed by atoms with van der Waals surface area (Å²) in [5, 5.41) is 0. The van der Waals surface area contributed by atoms with Crippen molar-refractivity contribution < 1.29 is 4.42 Å². The van der Waals surface area contributed by atoms with Gasteiger partial charge in [0.1, 0.15) is 6.26 Å². The number of hydrogen-bond donors (Lipinski definition) is 0. The van der Waals surface area contributed by atoms with Crippen LogP contribution in [-0.4, -0.2) is 43.1 Å². The topological polar surface area (TPSA) is 32.5 Å². The Morgan fingerprint density at radius 1 is 1.40 bits per heavy atom. The molecule has 1 saturated heterocycles. The third-order valence-corrected chi connectivity index (χ3v) is 2.94. The smallest absolute Gasteiger partial charge is 0.297 e. The Kier molecular flexibility index (Phi) is 3.49. The monoisotopic (exact) mass is 229 g/mol. The number of rotatable bonds is 2. The molecule has 0 bridgehead atoms. The zero-order chi connectivity index (χ0) is 10.7. The molecule has 2 heterocycles. The number of hydrogen-bond acceptors (Lipinski definition) is 4. The van der Waals surface area contributed by atoms with Gasteiger partial charge in [-0.15, -0.1) is 11.6 Å². The summed E-state index contributed by atoms with van der Waals surface area (Å²) >= 11 is 5.69. The number of anilines is 1. The van der Waals surface area contributed by atoms with Gasteiger partial charge in [0.05, 0.1) is 11.6 Å². The van der Waals surface area contributed by atoms with E-state index in [1.54, 1.807) is 6.26 Å². The number of likely N-dealkylation sites (N-methyl/N-ethyl adjacent to an activating group) is 1. The Hall–Kier alpha value is -0.740. The minimum Gasteiger partial charge on any atom is -0.432 e. The molecule has 0 N–H and O–H groups in total. The molecule has 4 nitrogen and oxygen atoms in total. The summed E-state index contributed by atoms with van der Waals surface area (Å²) in [6.45, 7) is 4.17. The van der Waals surface area contributed by atoms with E-state index in [0.717, 1.165) is 38.3 Å². The predicted molar refractivity (Wildman–Crippen MR) is 60.4 cm³/mol. The summed E-state index contributed by atoms with van der Waals surface area (Å²) < 4.78 is 5.40. The highest BCUT2D eigenvalue weighted by Gasteiger charge is 2.16. The van der Waals surface area contributed by atoms with Gasteiger partial charge < -0.3 is 14.2 Å². The van der Waals surface area contributed by atoms with E-state index in [9.17, 15) is 0 Å². The van der Waals surface area contributed by atoms with Gasteiger partial charge in [0.25, 0.3) is 6.01 Å². The fraction of sp³-hybridized carbons (Fsp3) is 0.700. The van der Waals surface area contributed by atoms with Crippen LogP contribution in [0.1, 0.15) is 12.1 Å². The molecule has 0 aromatic carbocycles. The molecule has 0 saturated carbocycles. The molecule has 0 atom stereocenters. The molecule has 84 valence electrons. The fourth-order valence-corrected chi connectivity index (χ4v) is 1.86. The molecule has 0 amide bonds. The summed E-state index contributed by atoms with van der Waals surface area (Å²) in [6, 6.07) is 0.709. The molecule has 1 aliphatic rings. The molecule has 15 heavy (non-hydrogen) atoms. The molecule has 1 aromatic rings. The van der Waals surface area contributed by atoms with Crippen molar-refractivity contribution in [1.29, 1.82) is 0 Å². The molecule has 1 fully saturated rings. The molecular formula is C10H16ClN3O. The van der Waals surface area contributed by atoms with E-state index in [1.165, 1.54) is 0 Å². The summed E-state index contributed by atoms with van der Waals surface area (Å²) in [4.78, 5) is 8.83. The van der Waals surface area contributed by atoms with Crippen molar-refractivity contribution in [2.24, 2.45) is 0 Å². The molecule has 1 aromatic heterocycles. The van der Waals surface area contributed by atoms with E-state index in [-0.39, 0.29) is 0 Å². The highest BCUT2D eigenvalue weighted by Crippen LogP contribution is 2.16. The van der Waals surface area contributed by atoms with Crippen molar-refractivity contribution in [3.8, 4) is 0 Å². The lowest BCUT2D eigenvalue weighted by Gasteiger charge is -2.17. The first kappa shape index (κ1) is 10.8. The second kappa shape index (κ2) is 4.86. The van der Waals surface area contributed by atoms with Crippen LogP contribution in [0, 0.1) is 0 Å². The molecule has 2 rings (SSSR count). The van der Waals surface area contributed by atoms with Gasteiger partial charge >= 0.3 is 0 Å². The lowest BCUT2D eigenvalue weighted by Crippen LogP contribution is -2.28. The Labute approximate surface area is 94.8 Å². The Balaban J connectivity index is 2.03. The van der Waals surface area contributed by atoms with Gasteiger partial charge in [-0.3, -0.25) is 0 Å². The normalized spacial score (nSPS) is 19.2. The number of alkyl halides is 1. The van der Waals surface area contributed by atoms with Crippen LogP contribution in [0.4, 0.5) is 6.01 Å². The molecule has 0 unspecified atom stereocenters. The maximum absolute atomic E-state index is 5.69. The number of nitrogens with zero attached hydrogens (tertiary/aromatic N) is 3. The van der Waals surface area contributed by atoms with Crippen molar-refractivity contribution in [3.05, 3.63) is 12.0 Å². The molecule has 0 aliphatic carbocycles. The van der Waals surface area contributed by atoms with Gasteiger partial charge in [0.15, 0.2) is 0 Å². The van der Waals surface area contributed by atoms with Crippen LogP contribution in [0.15, 0.2) is 10.7 Å². The standard InChI is InChI=1S/C10H16ClN3O/c1-13-3-2-4-14(6-5-13)10-12-9(7-11)8-15-10/h8H,2-7H2,1H3. The first-order valence-corrected chi connectivity index (χ1v) is 5.77. The van der Waals surface area contributed by atoms with E-state index < -0.39 is 0 Å². The summed E-state index contributed by atoms with van der Waals surface area (Å²) in [5.41, 5.74) is 0.810. The minimum atomic E-state index is 0.414. The van der Waals surface area contributed by atoms with E-state index in [0.29, 0.717) is 11.9 Å². The van der Waals surface area contributed by atoms with Crippen LogP contribution in [0.5, 0.6) is 0 Å². The van der Waals surface area contributed by atoms with Gasteiger partial charge in [-0.2, -0.15) is 4.98 Å². The van der Waals surface area contributed by atoms with Crippen LogP contribution in [0.25, 0.3) is 0 Å². The third kappa shape index (κ3) is 2.63. The van der Waals surface area contributed by atoms with Gasteiger partial charge in [-0.1, -0.05) is 0 Å². The van der Waals surface area contributed by atoms with Crippen LogP contribution < -0.4 is 4.90 Å². The van der Waals surface area contributed by atoms with E-state index in [4.69, 9.17) is 16.0 Å². The Bertz CT molecular complexity index is 315. The Morgan fingerprint density at radius 3 is 3.00 bits per heavy atom. The maximum atomic E-state index is 5.69. The average molecular weight is 230 g/mol. The lowest BCUT2D eigenvalue weighted by molar-refractivity contribution is 0.359. The van der Waals surface area contributed by atoms with Gasteiger partial charge in [0, 0.05) is 19.6 Å². The fourth-order valence-electron chi connectivity index (χ4n) is 1.74. The lowest BCUT2D eigenvalue weighted by atomic mass is 10.4. The zero-order valence-corrected chi connectivity index (χ0v) is 9.70. The summed E-state index contributed by atoms with van der Waals surface area (Å²) in [7, 11) is 2.14. The van der Waals surface area contributed by atoms with E-state index in [1.807, 2.05) is 0 Å². The van der Waals surface area contributed by atoms with Gasteiger partial charge in [-0.05, 0) is 20.0 Å². The molecule has 1 aliphatic heterocycles. The predicted octanol–water partition coefficient (Wildman–Crippen LogP) is 1.56. The van der Waals surface area contributed by atoms with Crippen molar-refractivity contribution >= 4 is 17.6 Å². The zero-order valence-electron chi connectivity index (χ0n) is 8.95. The van der Waals surface area contributed by atoms with E-state index >= 15 is 0 Å². The SMILES string of the molecule is CN1CCCN(c2nc(CCl)co2)CC1. The highest BCUT2D eigenvalue weighted by molar-refractivity contribution is 6.16. The molecule has 0 radical (unpaired) electrons. The third-order valence-electron chi connectivity index (χ3n) is 2.67. The van der Waals surface area contributed by atoms with Crippen LogP contribution in [0.3, 0.4) is 0 Å². The second-order valence-electron chi connectivity index (χ2n) is 3.90. The minimum absolute atomic E-state index is 0.414. The summed E-state index contributed by atoms with van der Waals surface area (Å²) in [6.07, 6.45) is 2.78. The quantitative estimate of drug-likeness (QED) is 0.721.